The van der Waals surface area contributed by atoms with Crippen molar-refractivity contribution in [2.75, 3.05) is 25.6 Å². The van der Waals surface area contributed by atoms with Crippen LogP contribution in [0.3, 0.4) is 0 Å². The molecule has 2 rings (SSSR count). The molecule has 1 aromatic carbocycles. The molecule has 0 spiro atoms. The van der Waals surface area contributed by atoms with E-state index in [4.69, 9.17) is 21.4 Å². The Balaban J connectivity index is 2.07. The lowest BCUT2D eigenvalue weighted by Gasteiger charge is -2.23. The minimum absolute atomic E-state index is 0.0428. The maximum Gasteiger partial charge on any atom is 0.337 e. The van der Waals surface area contributed by atoms with Gasteiger partial charge in [-0.3, -0.25) is 0 Å². The number of ether oxygens (including phenoxy) is 1. The molecular formula is C13H15ClN2O4. The number of anilines is 1. The lowest BCUT2D eigenvalue weighted by atomic mass is 10.2. The molecule has 7 heteroatoms. The molecule has 0 saturated carbocycles. The van der Waals surface area contributed by atoms with Gasteiger partial charge in [-0.1, -0.05) is 11.6 Å². The summed E-state index contributed by atoms with van der Waals surface area (Å²) in [6.07, 6.45) is 0.797. The predicted molar refractivity (Wildman–Crippen MR) is 74.4 cm³/mol. The molecule has 1 fully saturated rings. The second-order valence-corrected chi connectivity index (χ2v) is 4.97. The molecule has 20 heavy (non-hydrogen) atoms. The molecule has 1 aromatic rings. The summed E-state index contributed by atoms with van der Waals surface area (Å²) < 4.78 is 5.23. The number of hydrogen-bond donors (Lipinski definition) is 2. The zero-order valence-corrected chi connectivity index (χ0v) is 11.7. The van der Waals surface area contributed by atoms with Crippen LogP contribution in [0, 0.1) is 0 Å². The number of carboxylic acids is 1. The number of nitrogens with one attached hydrogen (secondary N) is 1. The molecule has 0 bridgehead atoms. The lowest BCUT2D eigenvalue weighted by molar-refractivity contribution is 0.0697. The average Bonchev–Trinajstić information content (AvgIpc) is 2.93. The second-order valence-electron chi connectivity index (χ2n) is 4.56. The molecule has 0 aromatic heterocycles. The Kier molecular flexibility index (Phi) is 4.46. The van der Waals surface area contributed by atoms with Gasteiger partial charge in [0.1, 0.15) is 0 Å². The van der Waals surface area contributed by atoms with Gasteiger partial charge in [0.15, 0.2) is 0 Å². The summed E-state index contributed by atoms with van der Waals surface area (Å²) in [6.45, 7) is 1.16. The molecule has 1 unspecified atom stereocenters. The van der Waals surface area contributed by atoms with Crippen molar-refractivity contribution in [1.82, 2.24) is 4.90 Å². The number of benzene rings is 1. The van der Waals surface area contributed by atoms with Gasteiger partial charge in [0.2, 0.25) is 0 Å². The highest BCUT2D eigenvalue weighted by molar-refractivity contribution is 6.33. The Bertz CT molecular complexity index is 529. The molecule has 2 N–H and O–H groups in total. The van der Waals surface area contributed by atoms with Crippen LogP contribution in [-0.4, -0.2) is 48.3 Å². The molecule has 0 radical (unpaired) electrons. The maximum absolute atomic E-state index is 12.0. The highest BCUT2D eigenvalue weighted by atomic mass is 35.5. The van der Waals surface area contributed by atoms with Gasteiger partial charge in [0, 0.05) is 19.3 Å². The summed E-state index contributed by atoms with van der Waals surface area (Å²) in [5.74, 6) is -1.14. The van der Waals surface area contributed by atoms with Crippen molar-refractivity contribution in [2.24, 2.45) is 0 Å². The predicted octanol–water partition coefficient (Wildman–Crippen LogP) is 2.29. The first kappa shape index (κ1) is 14.6. The summed E-state index contributed by atoms with van der Waals surface area (Å²) in [6, 6.07) is 4.08. The first-order chi connectivity index (χ1) is 9.49. The zero-order valence-electron chi connectivity index (χ0n) is 10.9. The third-order valence-electron chi connectivity index (χ3n) is 3.22. The van der Waals surface area contributed by atoms with Crippen molar-refractivity contribution in [1.29, 1.82) is 0 Å². The van der Waals surface area contributed by atoms with Crippen LogP contribution >= 0.6 is 11.6 Å². The molecule has 2 amide bonds. The number of aromatic carboxylic acids is 1. The maximum atomic E-state index is 12.0. The van der Waals surface area contributed by atoms with E-state index < -0.39 is 5.97 Å². The number of carbonyl (C=O) groups is 2. The Morgan fingerprint density at radius 3 is 2.85 bits per heavy atom. The summed E-state index contributed by atoms with van der Waals surface area (Å²) >= 11 is 5.77. The molecule has 108 valence electrons. The lowest BCUT2D eigenvalue weighted by Crippen LogP contribution is -2.40. The van der Waals surface area contributed by atoms with E-state index in [1.165, 1.54) is 12.1 Å². The Labute approximate surface area is 121 Å². The van der Waals surface area contributed by atoms with Crippen molar-refractivity contribution in [2.45, 2.75) is 12.5 Å². The van der Waals surface area contributed by atoms with Crippen LogP contribution in [0.1, 0.15) is 16.8 Å². The van der Waals surface area contributed by atoms with Gasteiger partial charge in [-0.15, -0.1) is 0 Å². The first-order valence-corrected chi connectivity index (χ1v) is 6.51. The van der Waals surface area contributed by atoms with Crippen molar-refractivity contribution in [3.05, 3.63) is 28.8 Å². The van der Waals surface area contributed by atoms with Gasteiger partial charge in [-0.2, -0.15) is 0 Å². The van der Waals surface area contributed by atoms with Crippen LogP contribution < -0.4 is 5.32 Å². The van der Waals surface area contributed by atoms with Gasteiger partial charge in [-0.05, 0) is 24.6 Å². The van der Waals surface area contributed by atoms with Crippen LogP contribution in [0.2, 0.25) is 5.02 Å². The van der Waals surface area contributed by atoms with E-state index in [0.717, 1.165) is 6.42 Å². The third-order valence-corrected chi connectivity index (χ3v) is 3.55. The molecule has 1 aliphatic heterocycles. The Morgan fingerprint density at radius 1 is 1.50 bits per heavy atom. The van der Waals surface area contributed by atoms with Crippen LogP contribution in [0.25, 0.3) is 0 Å². The summed E-state index contributed by atoms with van der Waals surface area (Å²) in [5.41, 5.74) is 0.346. The number of amides is 2. The fraction of sp³-hybridized carbons (Fsp3) is 0.385. The standard InChI is InChI=1S/C13H15ClN2O4/c1-16(9-4-5-20-7-9)13(19)15-8-2-3-11(14)10(6-8)12(17)18/h2-3,6,9H,4-5,7H2,1H3,(H,15,19)(H,17,18). The third kappa shape index (κ3) is 3.20. The number of carboxylic acid groups (broad SMARTS) is 1. The van der Waals surface area contributed by atoms with E-state index in [9.17, 15) is 9.59 Å². The Morgan fingerprint density at radius 2 is 2.25 bits per heavy atom. The fourth-order valence-corrected chi connectivity index (χ4v) is 2.17. The number of rotatable bonds is 3. The number of carbonyl (C=O) groups excluding carboxylic acids is 1. The van der Waals surface area contributed by atoms with Crippen LogP contribution in [0.15, 0.2) is 18.2 Å². The van der Waals surface area contributed by atoms with Crippen molar-refractivity contribution in [3.8, 4) is 0 Å². The number of nitrogens with zero attached hydrogens (tertiary/aromatic N) is 1. The quantitative estimate of drug-likeness (QED) is 0.897. The first-order valence-electron chi connectivity index (χ1n) is 6.13. The van der Waals surface area contributed by atoms with Crippen LogP contribution in [0.4, 0.5) is 10.5 Å². The zero-order chi connectivity index (χ0) is 14.7. The van der Waals surface area contributed by atoms with E-state index in [-0.39, 0.29) is 22.7 Å². The molecule has 1 atom stereocenters. The smallest absolute Gasteiger partial charge is 0.337 e. The van der Waals surface area contributed by atoms with E-state index in [2.05, 4.69) is 5.32 Å². The van der Waals surface area contributed by atoms with E-state index in [1.807, 2.05) is 0 Å². The van der Waals surface area contributed by atoms with Crippen molar-refractivity contribution >= 4 is 29.3 Å². The molecule has 1 saturated heterocycles. The second kappa shape index (κ2) is 6.11. The number of halogens is 1. The van der Waals surface area contributed by atoms with Gasteiger partial charge >= 0.3 is 12.0 Å². The molecule has 1 aliphatic rings. The minimum Gasteiger partial charge on any atom is -0.478 e. The summed E-state index contributed by atoms with van der Waals surface area (Å²) in [4.78, 5) is 24.6. The Hall–Kier alpha value is -1.79. The number of urea groups is 1. The van der Waals surface area contributed by atoms with Gasteiger partial charge in [0.05, 0.1) is 23.2 Å². The van der Waals surface area contributed by atoms with Crippen LogP contribution in [0.5, 0.6) is 0 Å². The highest BCUT2D eigenvalue weighted by Crippen LogP contribution is 2.21. The van der Waals surface area contributed by atoms with Crippen molar-refractivity contribution in [3.63, 3.8) is 0 Å². The van der Waals surface area contributed by atoms with Gasteiger partial charge in [-0.25, -0.2) is 9.59 Å². The SMILES string of the molecule is CN(C(=O)Nc1ccc(Cl)c(C(=O)O)c1)C1CCOC1. The number of likely N-dealkylation sites (N-methyl/N-ethyl adjacent to an activating group) is 1. The van der Waals surface area contributed by atoms with Gasteiger partial charge < -0.3 is 20.1 Å². The molecular weight excluding hydrogens is 284 g/mol. The topological polar surface area (TPSA) is 78.9 Å². The monoisotopic (exact) mass is 298 g/mol. The molecule has 0 aliphatic carbocycles. The van der Waals surface area contributed by atoms with Gasteiger partial charge in [0.25, 0.3) is 0 Å². The van der Waals surface area contributed by atoms with E-state index in [1.54, 1.807) is 18.0 Å². The largest absolute Gasteiger partial charge is 0.478 e. The summed E-state index contributed by atoms with van der Waals surface area (Å²) in [7, 11) is 1.68. The normalized spacial score (nSPS) is 17.8. The number of hydrogen-bond acceptors (Lipinski definition) is 3. The summed E-state index contributed by atoms with van der Waals surface area (Å²) in [5, 5.41) is 11.8. The molecule has 1 heterocycles. The van der Waals surface area contributed by atoms with Crippen molar-refractivity contribution < 1.29 is 19.4 Å². The fourth-order valence-electron chi connectivity index (χ4n) is 1.97. The van der Waals surface area contributed by atoms with Crippen LogP contribution in [-0.2, 0) is 4.74 Å². The minimum atomic E-state index is -1.14. The average molecular weight is 299 g/mol. The van der Waals surface area contributed by atoms with E-state index in [0.29, 0.717) is 18.9 Å². The highest BCUT2D eigenvalue weighted by Gasteiger charge is 2.24. The molecule has 6 nitrogen and oxygen atoms in total. The van der Waals surface area contributed by atoms with E-state index >= 15 is 0 Å².